The van der Waals surface area contributed by atoms with Crippen molar-refractivity contribution in [2.24, 2.45) is 0 Å². The van der Waals surface area contributed by atoms with Crippen LogP contribution in [0.2, 0.25) is 0 Å². The molecule has 0 saturated carbocycles. The van der Waals surface area contributed by atoms with E-state index in [0.29, 0.717) is 24.4 Å². The van der Waals surface area contributed by atoms with E-state index in [-0.39, 0.29) is 11.9 Å². The van der Waals surface area contributed by atoms with Gasteiger partial charge in [0, 0.05) is 61.2 Å². The van der Waals surface area contributed by atoms with Gasteiger partial charge in [-0.1, -0.05) is 6.07 Å². The zero-order chi connectivity index (χ0) is 24.2. The Labute approximate surface area is 204 Å². The van der Waals surface area contributed by atoms with Crippen LogP contribution in [0.1, 0.15) is 28.3 Å². The van der Waals surface area contributed by atoms with E-state index in [1.54, 1.807) is 31.0 Å². The van der Waals surface area contributed by atoms with E-state index >= 15 is 0 Å². The van der Waals surface area contributed by atoms with Crippen LogP contribution < -0.4 is 15.0 Å². The number of nitrogens with zero attached hydrogens (tertiary/aromatic N) is 4. The lowest BCUT2D eigenvalue weighted by Gasteiger charge is -2.28. The van der Waals surface area contributed by atoms with E-state index in [1.807, 2.05) is 17.8 Å². The first-order valence-corrected chi connectivity index (χ1v) is 11.5. The number of hydrogen-bond donors (Lipinski definition) is 1. The molecule has 1 aliphatic heterocycles. The number of pyridine rings is 1. The predicted molar refractivity (Wildman–Crippen MR) is 135 cm³/mol. The van der Waals surface area contributed by atoms with Crippen LogP contribution in [0.4, 0.5) is 17.1 Å². The number of nitrogens with one attached hydrogen (secondary N) is 1. The molecule has 8 nitrogen and oxygen atoms in total. The Hall–Kier alpha value is -4.33. The third kappa shape index (κ3) is 4.68. The van der Waals surface area contributed by atoms with Crippen LogP contribution in [-0.4, -0.2) is 47.8 Å². The average Bonchev–Trinajstić information content (AvgIpc) is 3.46. The van der Waals surface area contributed by atoms with Crippen molar-refractivity contribution in [1.29, 1.82) is 0 Å². The summed E-state index contributed by atoms with van der Waals surface area (Å²) in [6.07, 6.45) is 9.61. The molecule has 4 aromatic rings. The second kappa shape index (κ2) is 9.89. The van der Waals surface area contributed by atoms with Gasteiger partial charge in [0.05, 0.1) is 37.5 Å². The van der Waals surface area contributed by atoms with E-state index in [1.165, 1.54) is 7.11 Å². The van der Waals surface area contributed by atoms with Crippen molar-refractivity contribution in [1.82, 2.24) is 14.5 Å². The Morgan fingerprint density at radius 3 is 2.74 bits per heavy atom. The smallest absolute Gasteiger partial charge is 0.340 e. The Morgan fingerprint density at radius 1 is 1.14 bits per heavy atom. The highest BCUT2D eigenvalue weighted by Crippen LogP contribution is 2.38. The van der Waals surface area contributed by atoms with Gasteiger partial charge in [0.1, 0.15) is 5.75 Å². The molecule has 0 amide bonds. The zero-order valence-corrected chi connectivity index (χ0v) is 19.7. The third-order valence-corrected chi connectivity index (χ3v) is 6.35. The number of imidazole rings is 1. The van der Waals surface area contributed by atoms with Gasteiger partial charge in [0.15, 0.2) is 0 Å². The quantitative estimate of drug-likeness (QED) is 0.389. The fraction of sp³-hybridized carbons (Fsp3) is 0.222. The molecule has 0 aliphatic carbocycles. The number of methoxy groups -OCH3 is 1. The molecule has 3 heterocycles. The SMILES string of the molecule is COC(=O)c1ccncc1NC[C@@H]1CCOc2cc(N(C)c3ccc(-n4ccnc4)cc3)ccc21. The van der Waals surface area contributed by atoms with E-state index in [0.717, 1.165) is 34.8 Å². The Kier molecular flexibility index (Phi) is 6.34. The number of hydrogen-bond acceptors (Lipinski definition) is 7. The molecule has 0 fully saturated rings. The van der Waals surface area contributed by atoms with E-state index < -0.39 is 0 Å². The number of carbonyl (C=O) groups excluding carboxylic acids is 1. The summed E-state index contributed by atoms with van der Waals surface area (Å²) in [7, 11) is 3.43. The predicted octanol–water partition coefficient (Wildman–Crippen LogP) is 4.80. The van der Waals surface area contributed by atoms with Crippen LogP contribution in [0.5, 0.6) is 5.75 Å². The maximum atomic E-state index is 12.1. The number of esters is 1. The molecule has 0 bridgehead atoms. The standard InChI is InChI=1S/C27H27N5O3/c1-31(20-3-5-21(6-4-20)32-13-12-29-18-32)22-7-8-23-19(10-14-35-26(23)15-22)16-30-25-17-28-11-9-24(25)27(33)34-2/h3-9,11-13,15,17-19,30H,10,14,16H2,1-2H3/t19-/m0/s1. The number of aromatic nitrogens is 3. The summed E-state index contributed by atoms with van der Waals surface area (Å²) in [6.45, 7) is 1.31. The van der Waals surface area contributed by atoms with E-state index in [2.05, 4.69) is 62.6 Å². The second-order valence-electron chi connectivity index (χ2n) is 8.40. The number of ether oxygens (including phenoxy) is 2. The van der Waals surface area contributed by atoms with E-state index in [4.69, 9.17) is 9.47 Å². The maximum Gasteiger partial charge on any atom is 0.340 e. The highest BCUT2D eigenvalue weighted by molar-refractivity contribution is 5.95. The summed E-state index contributed by atoms with van der Waals surface area (Å²) in [4.78, 5) is 22.5. The molecular weight excluding hydrogens is 442 g/mol. The van der Waals surface area contributed by atoms with Crippen molar-refractivity contribution >= 4 is 23.0 Å². The molecule has 35 heavy (non-hydrogen) atoms. The zero-order valence-electron chi connectivity index (χ0n) is 19.7. The largest absolute Gasteiger partial charge is 0.493 e. The summed E-state index contributed by atoms with van der Waals surface area (Å²) >= 11 is 0. The van der Waals surface area contributed by atoms with Crippen molar-refractivity contribution in [2.45, 2.75) is 12.3 Å². The molecule has 1 atom stereocenters. The Bertz CT molecular complexity index is 1300. The Morgan fingerprint density at radius 2 is 1.97 bits per heavy atom. The van der Waals surface area contributed by atoms with Gasteiger partial charge < -0.3 is 24.3 Å². The van der Waals surface area contributed by atoms with Crippen LogP contribution in [0.3, 0.4) is 0 Å². The van der Waals surface area contributed by atoms with Crippen LogP contribution in [-0.2, 0) is 4.74 Å². The first-order chi connectivity index (χ1) is 17.1. The first-order valence-electron chi connectivity index (χ1n) is 11.5. The number of anilines is 3. The lowest BCUT2D eigenvalue weighted by molar-refractivity contribution is 0.0601. The minimum Gasteiger partial charge on any atom is -0.493 e. The molecule has 5 rings (SSSR count). The number of fused-ring (bicyclic) bond motifs is 1. The molecule has 0 unspecified atom stereocenters. The summed E-state index contributed by atoms with van der Waals surface area (Å²) in [5, 5.41) is 3.38. The summed E-state index contributed by atoms with van der Waals surface area (Å²) in [6, 6.07) is 16.3. The molecule has 2 aromatic carbocycles. The van der Waals surface area contributed by atoms with Crippen LogP contribution >= 0.6 is 0 Å². The minimum absolute atomic E-state index is 0.248. The maximum absolute atomic E-state index is 12.1. The summed E-state index contributed by atoms with van der Waals surface area (Å²) < 4.78 is 12.9. The molecule has 0 spiro atoms. The van der Waals surface area contributed by atoms with Gasteiger partial charge in [-0.05, 0) is 48.4 Å². The first kappa shape index (κ1) is 22.5. The fourth-order valence-corrected chi connectivity index (χ4v) is 4.34. The van der Waals surface area contributed by atoms with Gasteiger partial charge >= 0.3 is 5.97 Å². The van der Waals surface area contributed by atoms with Gasteiger partial charge in [-0.25, -0.2) is 9.78 Å². The van der Waals surface area contributed by atoms with Gasteiger partial charge in [0.2, 0.25) is 0 Å². The molecule has 178 valence electrons. The number of carbonyl (C=O) groups is 1. The lowest BCUT2D eigenvalue weighted by Crippen LogP contribution is -2.22. The highest BCUT2D eigenvalue weighted by atomic mass is 16.5. The summed E-state index contributed by atoms with van der Waals surface area (Å²) in [5.41, 5.74) is 5.49. The molecular formula is C27H27N5O3. The topological polar surface area (TPSA) is 81.5 Å². The minimum atomic E-state index is -0.381. The monoisotopic (exact) mass is 469 g/mol. The molecule has 0 saturated heterocycles. The number of benzene rings is 2. The van der Waals surface area contributed by atoms with Gasteiger partial charge in [-0.15, -0.1) is 0 Å². The van der Waals surface area contributed by atoms with Gasteiger partial charge in [-0.3, -0.25) is 4.98 Å². The van der Waals surface area contributed by atoms with Crippen molar-refractivity contribution in [3.63, 3.8) is 0 Å². The van der Waals surface area contributed by atoms with Crippen LogP contribution in [0.15, 0.2) is 79.6 Å². The highest BCUT2D eigenvalue weighted by Gasteiger charge is 2.23. The molecule has 1 N–H and O–H groups in total. The van der Waals surface area contributed by atoms with E-state index in [9.17, 15) is 4.79 Å². The second-order valence-corrected chi connectivity index (χ2v) is 8.40. The summed E-state index contributed by atoms with van der Waals surface area (Å²) in [5.74, 6) is 0.758. The Balaban J connectivity index is 1.31. The lowest BCUT2D eigenvalue weighted by atomic mass is 9.92. The van der Waals surface area contributed by atoms with Crippen molar-refractivity contribution in [3.05, 3.63) is 90.8 Å². The van der Waals surface area contributed by atoms with Crippen molar-refractivity contribution < 1.29 is 14.3 Å². The third-order valence-electron chi connectivity index (χ3n) is 6.35. The van der Waals surface area contributed by atoms with Gasteiger partial charge in [-0.2, -0.15) is 0 Å². The normalized spacial score (nSPS) is 14.5. The van der Waals surface area contributed by atoms with Crippen LogP contribution in [0.25, 0.3) is 5.69 Å². The van der Waals surface area contributed by atoms with Crippen molar-refractivity contribution in [3.8, 4) is 11.4 Å². The van der Waals surface area contributed by atoms with Crippen LogP contribution in [0, 0.1) is 0 Å². The molecule has 0 radical (unpaired) electrons. The molecule has 8 heteroatoms. The van der Waals surface area contributed by atoms with Crippen molar-refractivity contribution in [2.75, 3.05) is 37.5 Å². The van der Waals surface area contributed by atoms with Gasteiger partial charge in [0.25, 0.3) is 0 Å². The molecule has 2 aromatic heterocycles. The average molecular weight is 470 g/mol. The molecule has 1 aliphatic rings. The fourth-order valence-electron chi connectivity index (χ4n) is 4.34. The number of rotatable bonds is 7.